The van der Waals surface area contributed by atoms with Crippen molar-refractivity contribution in [2.45, 2.75) is 53.4 Å². The Morgan fingerprint density at radius 3 is 2.38 bits per heavy atom. The lowest BCUT2D eigenvalue weighted by molar-refractivity contribution is 0.483. The monoisotopic (exact) mass is 590 g/mol. The van der Waals surface area contributed by atoms with Gasteiger partial charge in [0.1, 0.15) is 17.3 Å². The van der Waals surface area contributed by atoms with E-state index in [1.54, 1.807) is 0 Å². The van der Waals surface area contributed by atoms with E-state index in [0.717, 1.165) is 51.4 Å². The fourth-order valence-corrected chi connectivity index (χ4v) is 6.31. The molecule has 0 saturated carbocycles. The van der Waals surface area contributed by atoms with E-state index in [0.29, 0.717) is 0 Å². The smallest absolute Gasteiger partial charge is 0.137 e. The van der Waals surface area contributed by atoms with E-state index in [1.165, 1.54) is 33.2 Å². The van der Waals surface area contributed by atoms with Crippen LogP contribution in [0.3, 0.4) is 0 Å². The molecule has 0 aliphatic carbocycles. The number of benzene rings is 4. The van der Waals surface area contributed by atoms with Crippen LogP contribution in [0.5, 0.6) is 11.5 Å². The van der Waals surface area contributed by atoms with Crippen LogP contribution in [0, 0.1) is 13.8 Å². The second-order valence-electron chi connectivity index (χ2n) is 12.9. The minimum Gasteiger partial charge on any atom is -0.457 e. The van der Waals surface area contributed by atoms with Gasteiger partial charge in [0.25, 0.3) is 0 Å². The number of rotatable bonds is 6. The molecular weight excluding hydrogens is 552 g/mol. The van der Waals surface area contributed by atoms with E-state index in [9.17, 15) is 0 Å². The van der Waals surface area contributed by atoms with Gasteiger partial charge in [0.05, 0.1) is 22.9 Å². The Hall–Kier alpha value is -5.16. The molecule has 0 spiro atoms. The Labute approximate surface area is 264 Å². The van der Waals surface area contributed by atoms with Crippen molar-refractivity contribution in [3.63, 3.8) is 0 Å². The molecule has 0 saturated heterocycles. The van der Waals surface area contributed by atoms with Crippen LogP contribution in [-0.2, 0) is 11.8 Å². The maximum Gasteiger partial charge on any atom is 0.137 e. The summed E-state index contributed by atoms with van der Waals surface area (Å²) < 4.78 is 10.6. The summed E-state index contributed by atoms with van der Waals surface area (Å²) in [7, 11) is 0. The van der Waals surface area contributed by atoms with E-state index < -0.39 is 0 Å². The predicted molar refractivity (Wildman–Crippen MR) is 185 cm³/mol. The highest BCUT2D eigenvalue weighted by molar-refractivity contribution is 6.09. The number of hydrogen-bond donors (Lipinski definition) is 0. The number of fused-ring (bicyclic) bond motifs is 3. The van der Waals surface area contributed by atoms with Gasteiger partial charge in [0.2, 0.25) is 0 Å². The highest BCUT2D eigenvalue weighted by Crippen LogP contribution is 2.36. The maximum absolute atomic E-state index is 6.48. The van der Waals surface area contributed by atoms with Gasteiger partial charge in [-0.2, -0.15) is 5.10 Å². The van der Waals surface area contributed by atoms with Crippen LogP contribution in [0.25, 0.3) is 44.4 Å². The predicted octanol–water partition coefficient (Wildman–Crippen LogP) is 10.3. The van der Waals surface area contributed by atoms with Gasteiger partial charge in [-0.1, -0.05) is 64.1 Å². The van der Waals surface area contributed by atoms with Crippen molar-refractivity contribution in [3.05, 3.63) is 132 Å². The summed E-state index contributed by atoms with van der Waals surface area (Å²) in [6, 6.07) is 31.7. The van der Waals surface area contributed by atoms with Gasteiger partial charge in [-0.25, -0.2) is 9.67 Å². The lowest BCUT2D eigenvalue weighted by atomic mass is 9.82. The van der Waals surface area contributed by atoms with Gasteiger partial charge < -0.3 is 4.74 Å². The fraction of sp³-hybridized carbons (Fsp3) is 0.200. The van der Waals surface area contributed by atoms with Crippen molar-refractivity contribution in [1.29, 1.82) is 0 Å². The van der Waals surface area contributed by atoms with Gasteiger partial charge in [0, 0.05) is 40.9 Å². The van der Waals surface area contributed by atoms with Gasteiger partial charge in [-0.3, -0.25) is 4.57 Å². The molecule has 0 N–H and O–H groups in total. The van der Waals surface area contributed by atoms with E-state index in [2.05, 4.69) is 113 Å². The van der Waals surface area contributed by atoms with Gasteiger partial charge in [-0.15, -0.1) is 0 Å². The van der Waals surface area contributed by atoms with Crippen LogP contribution >= 0.6 is 0 Å². The summed E-state index contributed by atoms with van der Waals surface area (Å²) in [5.41, 5.74) is 10.8. The van der Waals surface area contributed by atoms with Gasteiger partial charge >= 0.3 is 0 Å². The van der Waals surface area contributed by atoms with Crippen molar-refractivity contribution in [1.82, 2.24) is 19.3 Å². The van der Waals surface area contributed by atoms with E-state index in [-0.39, 0.29) is 5.41 Å². The van der Waals surface area contributed by atoms with E-state index in [1.807, 2.05) is 47.4 Å². The molecule has 0 atom stereocenters. The fourth-order valence-electron chi connectivity index (χ4n) is 6.31. The standard InChI is InChI=1S/C40H38N4O/c1-7-28-21-30(40(4,5)6)20-27(3)39(28)29-24-42-43(25-29)31-11-10-12-32(22-31)45-33-15-16-35-34-13-8-9-14-36(34)44(37(35)23-33)38-19-26(2)17-18-41-38/h8-25H,7H2,1-6H3. The van der Waals surface area contributed by atoms with Crippen LogP contribution in [0.15, 0.2) is 110 Å². The third-order valence-electron chi connectivity index (χ3n) is 8.63. The molecular formula is C40H38N4O. The second-order valence-corrected chi connectivity index (χ2v) is 12.9. The van der Waals surface area contributed by atoms with Crippen molar-refractivity contribution < 1.29 is 4.74 Å². The van der Waals surface area contributed by atoms with E-state index >= 15 is 0 Å². The molecule has 0 fully saturated rings. The molecule has 7 rings (SSSR count). The zero-order valence-electron chi connectivity index (χ0n) is 26.8. The Morgan fingerprint density at radius 2 is 1.58 bits per heavy atom. The number of pyridine rings is 1. The van der Waals surface area contributed by atoms with Crippen molar-refractivity contribution in [2.75, 3.05) is 0 Å². The first-order valence-corrected chi connectivity index (χ1v) is 15.6. The molecule has 224 valence electrons. The van der Waals surface area contributed by atoms with Crippen LogP contribution in [0.4, 0.5) is 0 Å². The second kappa shape index (κ2) is 11.1. The largest absolute Gasteiger partial charge is 0.457 e. The minimum atomic E-state index is 0.108. The van der Waals surface area contributed by atoms with Gasteiger partial charge in [0.15, 0.2) is 0 Å². The lowest BCUT2D eigenvalue weighted by Gasteiger charge is -2.22. The molecule has 4 aromatic carbocycles. The molecule has 0 amide bonds. The molecule has 3 heterocycles. The molecule has 7 aromatic rings. The molecule has 0 aliphatic rings. The number of nitrogens with zero attached hydrogens (tertiary/aromatic N) is 4. The van der Waals surface area contributed by atoms with Crippen molar-refractivity contribution in [3.8, 4) is 34.1 Å². The Morgan fingerprint density at radius 1 is 0.778 bits per heavy atom. The first kappa shape index (κ1) is 28.6. The molecule has 0 unspecified atom stereocenters. The average Bonchev–Trinajstić information content (AvgIpc) is 3.63. The number of aromatic nitrogens is 4. The molecule has 0 bridgehead atoms. The Bertz CT molecular complexity index is 2190. The molecule has 0 radical (unpaired) electrons. The lowest BCUT2D eigenvalue weighted by Crippen LogP contribution is -2.12. The zero-order chi connectivity index (χ0) is 31.3. The SMILES string of the molecule is CCc1cc(C(C)(C)C)cc(C)c1-c1cnn(-c2cccc(Oc3ccc4c5ccccc5n(-c5cc(C)ccn5)c4c3)c2)c1. The van der Waals surface area contributed by atoms with Gasteiger partial charge in [-0.05, 0) is 96.0 Å². The first-order chi connectivity index (χ1) is 21.7. The number of ether oxygens (including phenoxy) is 1. The van der Waals surface area contributed by atoms with Crippen LogP contribution in [0.2, 0.25) is 0 Å². The molecule has 0 aliphatic heterocycles. The van der Waals surface area contributed by atoms with Crippen LogP contribution in [-0.4, -0.2) is 19.3 Å². The molecule has 45 heavy (non-hydrogen) atoms. The summed E-state index contributed by atoms with van der Waals surface area (Å²) >= 11 is 0. The van der Waals surface area contributed by atoms with Crippen molar-refractivity contribution >= 4 is 21.8 Å². The average molecular weight is 591 g/mol. The Balaban J connectivity index is 1.23. The summed E-state index contributed by atoms with van der Waals surface area (Å²) in [6.45, 7) is 13.3. The first-order valence-electron chi connectivity index (χ1n) is 15.6. The Kier molecular flexibility index (Phi) is 7.04. The number of aryl methyl sites for hydroxylation is 3. The molecule has 3 aromatic heterocycles. The molecule has 5 nitrogen and oxygen atoms in total. The minimum absolute atomic E-state index is 0.108. The summed E-state index contributed by atoms with van der Waals surface area (Å²) in [5, 5.41) is 7.12. The highest BCUT2D eigenvalue weighted by Gasteiger charge is 2.19. The van der Waals surface area contributed by atoms with E-state index in [4.69, 9.17) is 14.8 Å². The van der Waals surface area contributed by atoms with Crippen molar-refractivity contribution in [2.24, 2.45) is 0 Å². The highest BCUT2D eigenvalue weighted by atomic mass is 16.5. The molecule has 5 heteroatoms. The van der Waals surface area contributed by atoms with Crippen LogP contribution < -0.4 is 4.74 Å². The maximum atomic E-state index is 6.48. The number of para-hydroxylation sites is 1. The topological polar surface area (TPSA) is 44.9 Å². The summed E-state index contributed by atoms with van der Waals surface area (Å²) in [5.74, 6) is 2.41. The quantitative estimate of drug-likeness (QED) is 0.194. The summed E-state index contributed by atoms with van der Waals surface area (Å²) in [4.78, 5) is 4.71. The zero-order valence-corrected chi connectivity index (χ0v) is 26.8. The normalized spacial score (nSPS) is 11.9. The third-order valence-corrected chi connectivity index (χ3v) is 8.63. The number of hydrogen-bond acceptors (Lipinski definition) is 3. The van der Waals surface area contributed by atoms with Crippen LogP contribution in [0.1, 0.15) is 49.9 Å². The third kappa shape index (κ3) is 5.29. The summed E-state index contributed by atoms with van der Waals surface area (Å²) in [6.07, 6.45) is 6.93.